The molecule has 11 heteroatoms. The van der Waals surface area contributed by atoms with Crippen LogP contribution >= 0.6 is 11.8 Å². The second-order valence-electron chi connectivity index (χ2n) is 6.59. The Labute approximate surface area is 156 Å². The summed E-state index contributed by atoms with van der Waals surface area (Å²) >= 11 is 1.19. The minimum Gasteiger partial charge on any atom is -0.465 e. The first kappa shape index (κ1) is 19.9. The molecule has 0 unspecified atom stereocenters. The maximum Gasteiger partial charge on any atom is 0.316 e. The summed E-state index contributed by atoms with van der Waals surface area (Å²) in [5.74, 6) is 1.13. The molecule has 0 spiro atoms. The third-order valence-corrected chi connectivity index (χ3v) is 3.62. The third-order valence-electron chi connectivity index (χ3n) is 2.80. The van der Waals surface area contributed by atoms with E-state index < -0.39 is 0 Å². The van der Waals surface area contributed by atoms with Crippen LogP contribution in [0.1, 0.15) is 27.7 Å². The summed E-state index contributed by atoms with van der Waals surface area (Å²) in [6, 6.07) is 0. The molecule has 2 aromatic rings. The quantitative estimate of drug-likeness (QED) is 0.558. The van der Waals surface area contributed by atoms with Gasteiger partial charge in [0.1, 0.15) is 6.33 Å². The van der Waals surface area contributed by atoms with Crippen LogP contribution in [-0.4, -0.2) is 67.7 Å². The van der Waals surface area contributed by atoms with Gasteiger partial charge in [-0.2, -0.15) is 19.6 Å². The Bertz CT molecular complexity index is 756. The standard InChI is InChI=1S/C15H24N8O2S/c1-7-25-10(24)8-26-14-16-9-23(21-14)13-18-11(20-15(2,3)4)17-12(19-13)22(5)6/h9H,7-8H2,1-6H3,(H,17,18,19,20). The van der Waals surface area contributed by atoms with Crippen molar-refractivity contribution in [2.45, 2.75) is 38.4 Å². The van der Waals surface area contributed by atoms with Crippen molar-refractivity contribution >= 4 is 29.6 Å². The van der Waals surface area contributed by atoms with Crippen LogP contribution in [0.2, 0.25) is 0 Å². The molecule has 0 fully saturated rings. The van der Waals surface area contributed by atoms with E-state index in [2.05, 4.69) is 30.4 Å². The number of carbonyl (C=O) groups is 1. The van der Waals surface area contributed by atoms with E-state index in [-0.39, 0.29) is 17.3 Å². The van der Waals surface area contributed by atoms with Crippen LogP contribution in [-0.2, 0) is 9.53 Å². The zero-order valence-electron chi connectivity index (χ0n) is 15.8. The van der Waals surface area contributed by atoms with Crippen molar-refractivity contribution in [1.29, 1.82) is 0 Å². The van der Waals surface area contributed by atoms with Gasteiger partial charge in [0, 0.05) is 19.6 Å². The van der Waals surface area contributed by atoms with Gasteiger partial charge < -0.3 is 15.0 Å². The molecule has 0 aliphatic carbocycles. The number of esters is 1. The number of nitrogens with one attached hydrogen (secondary N) is 1. The zero-order valence-corrected chi connectivity index (χ0v) is 16.7. The van der Waals surface area contributed by atoms with Gasteiger partial charge in [-0.1, -0.05) is 11.8 Å². The number of ether oxygens (including phenoxy) is 1. The van der Waals surface area contributed by atoms with Crippen molar-refractivity contribution in [3.05, 3.63) is 6.33 Å². The minimum absolute atomic E-state index is 0.148. The number of thioether (sulfide) groups is 1. The Hall–Kier alpha value is -2.43. The number of nitrogens with zero attached hydrogens (tertiary/aromatic N) is 7. The summed E-state index contributed by atoms with van der Waals surface area (Å²) in [5.41, 5.74) is -0.203. The number of anilines is 2. The highest BCUT2D eigenvalue weighted by molar-refractivity contribution is 7.99. The lowest BCUT2D eigenvalue weighted by molar-refractivity contribution is -0.139. The summed E-state index contributed by atoms with van der Waals surface area (Å²) in [7, 11) is 3.70. The highest BCUT2D eigenvalue weighted by atomic mass is 32.2. The van der Waals surface area contributed by atoms with E-state index in [9.17, 15) is 4.79 Å². The molecule has 1 N–H and O–H groups in total. The van der Waals surface area contributed by atoms with Crippen molar-refractivity contribution in [3.8, 4) is 5.95 Å². The number of aromatic nitrogens is 6. The summed E-state index contributed by atoms with van der Waals surface area (Å²) in [6.45, 7) is 8.17. The normalized spacial score (nSPS) is 11.3. The molecule has 10 nitrogen and oxygen atoms in total. The molecule has 2 rings (SSSR count). The maximum absolute atomic E-state index is 11.4. The second kappa shape index (κ2) is 8.30. The number of hydrogen-bond acceptors (Lipinski definition) is 10. The molecule has 2 heterocycles. The van der Waals surface area contributed by atoms with Crippen LogP contribution < -0.4 is 10.2 Å². The van der Waals surface area contributed by atoms with Crippen LogP contribution in [0.4, 0.5) is 11.9 Å². The molecule has 2 aromatic heterocycles. The van der Waals surface area contributed by atoms with E-state index in [1.54, 1.807) is 11.8 Å². The molecule has 142 valence electrons. The van der Waals surface area contributed by atoms with Gasteiger partial charge in [0.15, 0.2) is 0 Å². The van der Waals surface area contributed by atoms with Gasteiger partial charge >= 0.3 is 5.97 Å². The Morgan fingerprint density at radius 3 is 2.65 bits per heavy atom. The van der Waals surface area contributed by atoms with Gasteiger partial charge in [-0.15, -0.1) is 5.10 Å². The molecule has 0 atom stereocenters. The molecule has 26 heavy (non-hydrogen) atoms. The van der Waals surface area contributed by atoms with Gasteiger partial charge in [0.05, 0.1) is 12.4 Å². The fourth-order valence-corrected chi connectivity index (χ4v) is 2.38. The summed E-state index contributed by atoms with van der Waals surface area (Å²) < 4.78 is 6.34. The lowest BCUT2D eigenvalue weighted by Gasteiger charge is -2.21. The van der Waals surface area contributed by atoms with Crippen LogP contribution in [0.3, 0.4) is 0 Å². The Morgan fingerprint density at radius 1 is 1.31 bits per heavy atom. The fourth-order valence-electron chi connectivity index (χ4n) is 1.78. The van der Waals surface area contributed by atoms with Crippen molar-refractivity contribution < 1.29 is 9.53 Å². The fraction of sp³-hybridized carbons (Fsp3) is 0.600. The highest BCUT2D eigenvalue weighted by Crippen LogP contribution is 2.17. The molecule has 0 aromatic carbocycles. The zero-order chi connectivity index (χ0) is 19.3. The van der Waals surface area contributed by atoms with Crippen molar-refractivity contribution in [3.63, 3.8) is 0 Å². The van der Waals surface area contributed by atoms with E-state index in [0.717, 1.165) is 0 Å². The first-order valence-electron chi connectivity index (χ1n) is 8.10. The van der Waals surface area contributed by atoms with E-state index in [4.69, 9.17) is 4.74 Å². The van der Waals surface area contributed by atoms with Gasteiger partial charge in [0.2, 0.25) is 17.1 Å². The smallest absolute Gasteiger partial charge is 0.316 e. The molecule has 0 aliphatic heterocycles. The molecular weight excluding hydrogens is 356 g/mol. The van der Waals surface area contributed by atoms with E-state index in [1.165, 1.54) is 22.8 Å². The predicted octanol–water partition coefficient (Wildman–Crippen LogP) is 1.38. The number of carbonyl (C=O) groups excluding carboxylic acids is 1. The monoisotopic (exact) mass is 380 g/mol. The molecular formula is C15H24N8O2S. The number of rotatable bonds is 7. The molecule has 0 saturated heterocycles. The first-order valence-corrected chi connectivity index (χ1v) is 9.08. The van der Waals surface area contributed by atoms with E-state index >= 15 is 0 Å². The third kappa shape index (κ3) is 5.83. The summed E-state index contributed by atoms with van der Waals surface area (Å²) in [5, 5.41) is 7.98. The van der Waals surface area contributed by atoms with Crippen molar-refractivity contribution in [2.24, 2.45) is 0 Å². The second-order valence-corrected chi connectivity index (χ2v) is 7.54. The lowest BCUT2D eigenvalue weighted by atomic mass is 10.1. The topological polar surface area (TPSA) is 111 Å². The molecule has 0 saturated carbocycles. The average molecular weight is 380 g/mol. The van der Waals surface area contributed by atoms with Gasteiger partial charge in [-0.05, 0) is 27.7 Å². The van der Waals surface area contributed by atoms with Crippen LogP contribution in [0.25, 0.3) is 5.95 Å². The van der Waals surface area contributed by atoms with Crippen LogP contribution in [0.5, 0.6) is 0 Å². The van der Waals surface area contributed by atoms with Crippen LogP contribution in [0, 0.1) is 0 Å². The Balaban J connectivity index is 2.23. The SMILES string of the molecule is CCOC(=O)CSc1ncn(-c2nc(NC(C)(C)C)nc(N(C)C)n2)n1. The largest absolute Gasteiger partial charge is 0.465 e. The summed E-state index contributed by atoms with van der Waals surface area (Å²) in [6.07, 6.45) is 1.50. The van der Waals surface area contributed by atoms with Crippen LogP contribution in [0.15, 0.2) is 11.5 Å². The van der Waals surface area contributed by atoms with Crippen molar-refractivity contribution in [2.75, 3.05) is 36.7 Å². The van der Waals surface area contributed by atoms with Gasteiger partial charge in [0.25, 0.3) is 5.95 Å². The van der Waals surface area contributed by atoms with Gasteiger partial charge in [-0.3, -0.25) is 4.79 Å². The molecule has 0 amide bonds. The Kier molecular flexibility index (Phi) is 6.35. The van der Waals surface area contributed by atoms with Gasteiger partial charge in [-0.25, -0.2) is 4.98 Å². The van der Waals surface area contributed by atoms with Crippen molar-refractivity contribution in [1.82, 2.24) is 29.7 Å². The molecule has 0 aliphatic rings. The summed E-state index contributed by atoms with van der Waals surface area (Å²) in [4.78, 5) is 30.6. The van der Waals surface area contributed by atoms with E-state index in [0.29, 0.717) is 29.6 Å². The highest BCUT2D eigenvalue weighted by Gasteiger charge is 2.16. The maximum atomic E-state index is 11.4. The Morgan fingerprint density at radius 2 is 2.04 bits per heavy atom. The predicted molar refractivity (Wildman–Crippen MR) is 99.8 cm³/mol. The van der Waals surface area contributed by atoms with E-state index in [1.807, 2.05) is 34.9 Å². The minimum atomic E-state index is -0.305. The average Bonchev–Trinajstić information content (AvgIpc) is 3.00. The molecule has 0 bridgehead atoms. The number of hydrogen-bond donors (Lipinski definition) is 1. The lowest BCUT2D eigenvalue weighted by Crippen LogP contribution is -2.28. The molecule has 0 radical (unpaired) electrons. The first-order chi connectivity index (χ1) is 12.2.